The van der Waals surface area contributed by atoms with Gasteiger partial charge in [-0.2, -0.15) is 0 Å². The third kappa shape index (κ3) is 8.15. The van der Waals surface area contributed by atoms with Crippen molar-refractivity contribution >= 4 is 17.6 Å². The highest BCUT2D eigenvalue weighted by Crippen LogP contribution is 2.09. The van der Waals surface area contributed by atoms with Crippen LogP contribution < -0.4 is 10.6 Å². The van der Waals surface area contributed by atoms with Crippen molar-refractivity contribution in [1.29, 1.82) is 0 Å². The van der Waals surface area contributed by atoms with Gasteiger partial charge >= 0.3 is 0 Å². The second-order valence-electron chi connectivity index (χ2n) is 6.71. The summed E-state index contributed by atoms with van der Waals surface area (Å²) in [6.45, 7) is 11.6. The van der Waals surface area contributed by atoms with Gasteiger partial charge in [0, 0.05) is 24.3 Å². The Balaban J connectivity index is 4.28. The van der Waals surface area contributed by atoms with Crippen LogP contribution in [0.15, 0.2) is 0 Å². The minimum absolute atomic E-state index is 0.0133. The van der Waals surface area contributed by atoms with Crippen LogP contribution in [0.1, 0.15) is 60.8 Å². The Bertz CT molecular complexity index is 376. The Hall–Kier alpha value is -1.39. The van der Waals surface area contributed by atoms with Gasteiger partial charge < -0.3 is 10.6 Å². The molecule has 0 aliphatic heterocycles. The first-order chi connectivity index (χ1) is 10.2. The molecule has 0 aliphatic rings. The zero-order valence-corrected chi connectivity index (χ0v) is 14.9. The molecule has 0 unspecified atom stereocenters. The quantitative estimate of drug-likeness (QED) is 0.608. The summed E-state index contributed by atoms with van der Waals surface area (Å²) < 4.78 is 0. The van der Waals surface area contributed by atoms with Gasteiger partial charge in [-0.1, -0.05) is 41.5 Å². The minimum atomic E-state index is -0.421. The highest BCUT2D eigenvalue weighted by molar-refractivity contribution is 5.90. The zero-order chi connectivity index (χ0) is 17.3. The van der Waals surface area contributed by atoms with Crippen LogP contribution in [0.4, 0.5) is 0 Å². The van der Waals surface area contributed by atoms with Gasteiger partial charge in [0.25, 0.3) is 0 Å². The molecular formula is C17H32N2O3. The lowest BCUT2D eigenvalue weighted by molar-refractivity contribution is -0.131. The van der Waals surface area contributed by atoms with E-state index in [4.69, 9.17) is 0 Å². The van der Waals surface area contributed by atoms with Crippen molar-refractivity contribution in [1.82, 2.24) is 10.6 Å². The smallest absolute Gasteiger partial charge is 0.223 e. The lowest BCUT2D eigenvalue weighted by Crippen LogP contribution is -2.44. The highest BCUT2D eigenvalue weighted by Gasteiger charge is 2.23. The molecule has 2 N–H and O–H groups in total. The molecule has 5 heteroatoms. The molecule has 0 radical (unpaired) electrons. The standard InChI is InChI=1S/C17H32N2O3/c1-11(2)15(20)14(19-17(22)13(5)6)9-7-8-10-18-16(21)12(3)4/h11-14H,7-10H2,1-6H3,(H,18,21)(H,19,22)/t14-/m0/s1. The number of Topliss-reactive ketones (excluding diaryl/α,β-unsaturated/α-hetero) is 1. The third-order valence-electron chi connectivity index (χ3n) is 3.50. The molecule has 22 heavy (non-hydrogen) atoms. The van der Waals surface area contributed by atoms with Gasteiger partial charge in [0.1, 0.15) is 0 Å². The van der Waals surface area contributed by atoms with Gasteiger partial charge in [0.2, 0.25) is 11.8 Å². The number of carbonyl (C=O) groups is 3. The number of hydrogen-bond donors (Lipinski definition) is 2. The predicted molar refractivity (Wildman–Crippen MR) is 88.3 cm³/mol. The Kier molecular flexibility index (Phi) is 9.70. The molecule has 0 fully saturated rings. The largest absolute Gasteiger partial charge is 0.356 e. The molecule has 0 saturated carbocycles. The first-order valence-electron chi connectivity index (χ1n) is 8.28. The lowest BCUT2D eigenvalue weighted by Gasteiger charge is -2.20. The molecule has 0 aromatic heterocycles. The van der Waals surface area contributed by atoms with E-state index in [9.17, 15) is 14.4 Å². The zero-order valence-electron chi connectivity index (χ0n) is 14.9. The number of amides is 2. The molecule has 5 nitrogen and oxygen atoms in total. The van der Waals surface area contributed by atoms with Gasteiger partial charge in [-0.05, 0) is 19.3 Å². The summed E-state index contributed by atoms with van der Waals surface area (Å²) in [5, 5.41) is 5.70. The predicted octanol–water partition coefficient (Wildman–Crippen LogP) is 2.29. The summed E-state index contributed by atoms with van der Waals surface area (Å²) in [6, 6.07) is -0.421. The minimum Gasteiger partial charge on any atom is -0.356 e. The van der Waals surface area contributed by atoms with Crippen molar-refractivity contribution in [2.24, 2.45) is 17.8 Å². The fourth-order valence-corrected chi connectivity index (χ4v) is 1.92. The van der Waals surface area contributed by atoms with Gasteiger partial charge in [-0.3, -0.25) is 14.4 Å². The van der Waals surface area contributed by atoms with Gasteiger partial charge in [-0.25, -0.2) is 0 Å². The monoisotopic (exact) mass is 312 g/mol. The topological polar surface area (TPSA) is 75.3 Å². The van der Waals surface area contributed by atoms with E-state index in [1.54, 1.807) is 0 Å². The normalized spacial score (nSPS) is 12.6. The van der Waals surface area contributed by atoms with Crippen molar-refractivity contribution in [2.75, 3.05) is 6.54 Å². The second-order valence-corrected chi connectivity index (χ2v) is 6.71. The van der Waals surface area contributed by atoms with Crippen LogP contribution in [0.25, 0.3) is 0 Å². The Morgan fingerprint density at radius 1 is 0.773 bits per heavy atom. The van der Waals surface area contributed by atoms with Crippen LogP contribution in [-0.2, 0) is 14.4 Å². The lowest BCUT2D eigenvalue weighted by atomic mass is 9.96. The maximum Gasteiger partial charge on any atom is 0.223 e. The van der Waals surface area contributed by atoms with Gasteiger partial charge in [-0.15, -0.1) is 0 Å². The van der Waals surface area contributed by atoms with Crippen molar-refractivity contribution in [3.63, 3.8) is 0 Å². The molecule has 0 saturated heterocycles. The molecular weight excluding hydrogens is 280 g/mol. The molecule has 0 heterocycles. The van der Waals surface area contributed by atoms with Crippen LogP contribution in [0.5, 0.6) is 0 Å². The van der Waals surface area contributed by atoms with Gasteiger partial charge in [0.15, 0.2) is 5.78 Å². The summed E-state index contributed by atoms with van der Waals surface area (Å²) in [7, 11) is 0. The van der Waals surface area contributed by atoms with Crippen LogP contribution in [0, 0.1) is 17.8 Å². The van der Waals surface area contributed by atoms with E-state index >= 15 is 0 Å². The van der Waals surface area contributed by atoms with E-state index in [1.165, 1.54) is 0 Å². The number of nitrogens with one attached hydrogen (secondary N) is 2. The summed E-state index contributed by atoms with van der Waals surface area (Å²) in [5.41, 5.74) is 0. The molecule has 0 bridgehead atoms. The first-order valence-corrected chi connectivity index (χ1v) is 8.28. The van der Waals surface area contributed by atoms with E-state index < -0.39 is 6.04 Å². The van der Waals surface area contributed by atoms with Crippen LogP contribution >= 0.6 is 0 Å². The van der Waals surface area contributed by atoms with Crippen molar-refractivity contribution in [3.8, 4) is 0 Å². The Labute approximate surface area is 134 Å². The summed E-state index contributed by atoms with van der Waals surface area (Å²) in [6.07, 6.45) is 2.21. The van der Waals surface area contributed by atoms with Crippen LogP contribution in [0.3, 0.4) is 0 Å². The van der Waals surface area contributed by atoms with Crippen LogP contribution in [-0.4, -0.2) is 30.2 Å². The third-order valence-corrected chi connectivity index (χ3v) is 3.50. The fraction of sp³-hybridized carbons (Fsp3) is 0.824. The molecule has 0 aliphatic carbocycles. The molecule has 2 amide bonds. The molecule has 0 rings (SSSR count). The Morgan fingerprint density at radius 2 is 1.32 bits per heavy atom. The number of hydrogen-bond acceptors (Lipinski definition) is 3. The molecule has 1 atom stereocenters. The molecule has 0 aromatic rings. The highest BCUT2D eigenvalue weighted by atomic mass is 16.2. The summed E-state index contributed by atoms with van der Waals surface area (Å²) in [5.74, 6) is -0.221. The second kappa shape index (κ2) is 10.4. The van der Waals surface area contributed by atoms with Crippen LogP contribution in [0.2, 0.25) is 0 Å². The van der Waals surface area contributed by atoms with Crippen molar-refractivity contribution in [3.05, 3.63) is 0 Å². The number of unbranched alkanes of at least 4 members (excludes halogenated alkanes) is 1. The van der Waals surface area contributed by atoms with Crippen molar-refractivity contribution in [2.45, 2.75) is 66.8 Å². The fourth-order valence-electron chi connectivity index (χ4n) is 1.92. The molecule has 128 valence electrons. The van der Waals surface area contributed by atoms with E-state index in [1.807, 2.05) is 41.5 Å². The molecule has 0 aromatic carbocycles. The SMILES string of the molecule is CC(C)C(=O)NCCCC[C@H](NC(=O)C(C)C)C(=O)C(C)C. The van der Waals surface area contributed by atoms with E-state index in [0.717, 1.165) is 12.8 Å². The summed E-state index contributed by atoms with van der Waals surface area (Å²) in [4.78, 5) is 35.4. The molecule has 0 spiro atoms. The van der Waals surface area contributed by atoms with Crippen molar-refractivity contribution < 1.29 is 14.4 Å². The average Bonchev–Trinajstić information content (AvgIpc) is 2.43. The first kappa shape index (κ1) is 20.6. The van der Waals surface area contributed by atoms with Gasteiger partial charge in [0.05, 0.1) is 6.04 Å². The van der Waals surface area contributed by atoms with E-state index in [2.05, 4.69) is 10.6 Å². The number of rotatable bonds is 10. The maximum absolute atomic E-state index is 12.2. The Morgan fingerprint density at radius 3 is 1.77 bits per heavy atom. The van der Waals surface area contributed by atoms with E-state index in [0.29, 0.717) is 13.0 Å². The average molecular weight is 312 g/mol. The number of carbonyl (C=O) groups excluding carboxylic acids is 3. The maximum atomic E-state index is 12.2. The summed E-state index contributed by atoms with van der Waals surface area (Å²) >= 11 is 0. The van der Waals surface area contributed by atoms with E-state index in [-0.39, 0.29) is 35.4 Å². The number of ketones is 1.